The lowest BCUT2D eigenvalue weighted by Gasteiger charge is -2.25. The molecular formula is C21H21N3O5. The van der Waals surface area contributed by atoms with E-state index >= 15 is 0 Å². The molecule has 150 valence electrons. The van der Waals surface area contributed by atoms with E-state index < -0.39 is 17.3 Å². The van der Waals surface area contributed by atoms with Crippen molar-refractivity contribution in [1.82, 2.24) is 0 Å². The van der Waals surface area contributed by atoms with Gasteiger partial charge >= 0.3 is 5.97 Å². The number of fused-ring (bicyclic) bond motifs is 1. The Bertz CT molecular complexity index is 1030. The highest BCUT2D eigenvalue weighted by Crippen LogP contribution is 2.38. The average molecular weight is 395 g/mol. The monoisotopic (exact) mass is 395 g/mol. The topological polar surface area (TPSA) is 107 Å². The summed E-state index contributed by atoms with van der Waals surface area (Å²) in [5, 5.41) is 11.6. The zero-order valence-electron chi connectivity index (χ0n) is 16.5. The predicted molar refractivity (Wildman–Crippen MR) is 108 cm³/mol. The lowest BCUT2D eigenvalue weighted by atomic mass is 9.90. The molecule has 0 saturated carbocycles. The zero-order valence-corrected chi connectivity index (χ0v) is 16.5. The van der Waals surface area contributed by atoms with Gasteiger partial charge in [-0.2, -0.15) is 0 Å². The largest absolute Gasteiger partial charge is 0.478 e. The summed E-state index contributed by atoms with van der Waals surface area (Å²) in [5.74, 6) is -2.17. The molecule has 1 aliphatic heterocycles. The molecular weight excluding hydrogens is 374 g/mol. The first-order valence-corrected chi connectivity index (χ1v) is 8.89. The van der Waals surface area contributed by atoms with Crippen molar-refractivity contribution in [1.29, 1.82) is 0 Å². The molecule has 1 aliphatic rings. The Labute approximate surface area is 167 Å². The van der Waals surface area contributed by atoms with E-state index in [2.05, 4.69) is 5.32 Å². The van der Waals surface area contributed by atoms with Gasteiger partial charge in [0.25, 0.3) is 5.91 Å². The number of hydrogen-bond acceptors (Lipinski definition) is 4. The number of nitrogens with one attached hydrogen (secondary N) is 1. The minimum Gasteiger partial charge on any atom is -0.478 e. The molecule has 0 aromatic heterocycles. The lowest BCUT2D eigenvalue weighted by Crippen LogP contribution is -2.46. The fourth-order valence-corrected chi connectivity index (χ4v) is 3.27. The molecule has 2 aromatic rings. The van der Waals surface area contributed by atoms with Crippen LogP contribution in [0.3, 0.4) is 0 Å². The first-order chi connectivity index (χ1) is 13.5. The number of benzene rings is 2. The van der Waals surface area contributed by atoms with E-state index in [4.69, 9.17) is 5.11 Å². The maximum atomic E-state index is 12.8. The van der Waals surface area contributed by atoms with Crippen LogP contribution in [0.1, 0.15) is 34.6 Å². The van der Waals surface area contributed by atoms with Crippen molar-refractivity contribution in [2.24, 2.45) is 5.41 Å². The van der Waals surface area contributed by atoms with Crippen LogP contribution in [0.4, 0.5) is 17.1 Å². The Morgan fingerprint density at radius 2 is 1.38 bits per heavy atom. The van der Waals surface area contributed by atoms with Gasteiger partial charge in [-0.3, -0.25) is 14.4 Å². The SMILES string of the molecule is CN1C(=O)C(C)(C)C(=O)N(C)c2cc(C(=O)Nc3ccc(C(=O)O)cc3)ccc21. The predicted octanol–water partition coefficient (Wildman–Crippen LogP) is 2.60. The van der Waals surface area contributed by atoms with Crippen molar-refractivity contribution >= 4 is 40.8 Å². The average Bonchev–Trinajstić information content (AvgIpc) is 2.74. The van der Waals surface area contributed by atoms with Gasteiger partial charge in [0.1, 0.15) is 5.41 Å². The van der Waals surface area contributed by atoms with Crippen LogP contribution in [-0.4, -0.2) is 42.9 Å². The molecule has 8 heteroatoms. The molecule has 0 unspecified atom stereocenters. The molecule has 2 N–H and O–H groups in total. The third-order valence-corrected chi connectivity index (χ3v) is 5.03. The fourth-order valence-electron chi connectivity index (χ4n) is 3.27. The van der Waals surface area contributed by atoms with Crippen molar-refractivity contribution in [3.05, 3.63) is 53.6 Å². The Morgan fingerprint density at radius 1 is 0.862 bits per heavy atom. The lowest BCUT2D eigenvalue weighted by molar-refractivity contribution is -0.137. The molecule has 0 fully saturated rings. The maximum absolute atomic E-state index is 12.8. The van der Waals surface area contributed by atoms with Gasteiger partial charge in [-0.05, 0) is 56.3 Å². The van der Waals surface area contributed by atoms with Crippen LogP contribution in [0, 0.1) is 5.41 Å². The second-order valence-corrected chi connectivity index (χ2v) is 7.39. The molecule has 29 heavy (non-hydrogen) atoms. The number of carboxylic acids is 1. The number of carbonyl (C=O) groups is 4. The summed E-state index contributed by atoms with van der Waals surface area (Å²) in [6.45, 7) is 3.15. The van der Waals surface area contributed by atoms with Gasteiger partial charge in [-0.15, -0.1) is 0 Å². The van der Waals surface area contributed by atoms with Crippen LogP contribution in [0.25, 0.3) is 0 Å². The number of nitrogens with zero attached hydrogens (tertiary/aromatic N) is 2. The first kappa shape index (κ1) is 20.1. The van der Waals surface area contributed by atoms with E-state index in [1.807, 2.05) is 0 Å². The van der Waals surface area contributed by atoms with Crippen LogP contribution in [0.15, 0.2) is 42.5 Å². The molecule has 0 spiro atoms. The Hall–Kier alpha value is -3.68. The van der Waals surface area contributed by atoms with Crippen LogP contribution in [0.2, 0.25) is 0 Å². The summed E-state index contributed by atoms with van der Waals surface area (Å²) in [4.78, 5) is 51.8. The van der Waals surface area contributed by atoms with Gasteiger partial charge < -0.3 is 20.2 Å². The Morgan fingerprint density at radius 3 is 1.93 bits per heavy atom. The van der Waals surface area contributed by atoms with Crippen molar-refractivity contribution in [3.63, 3.8) is 0 Å². The quantitative estimate of drug-likeness (QED) is 0.777. The van der Waals surface area contributed by atoms with Crippen LogP contribution in [0.5, 0.6) is 0 Å². The third kappa shape index (κ3) is 3.44. The van der Waals surface area contributed by atoms with Gasteiger partial charge in [-0.1, -0.05) is 0 Å². The molecule has 0 atom stereocenters. The number of carboxylic acid groups (broad SMARTS) is 1. The number of amides is 3. The molecule has 0 saturated heterocycles. The third-order valence-electron chi connectivity index (χ3n) is 5.03. The standard InChI is InChI=1S/C21H21N3O5/c1-21(2)19(28)23(3)15-10-7-13(11-16(15)24(4)20(21)29)17(25)22-14-8-5-12(6-9-14)18(26)27/h5-11H,1-4H3,(H,22,25)(H,26,27). The molecule has 8 nitrogen and oxygen atoms in total. The van der Waals surface area contributed by atoms with Gasteiger partial charge in [0.05, 0.1) is 16.9 Å². The summed E-state index contributed by atoms with van der Waals surface area (Å²) in [5.41, 5.74) is 0.600. The minimum atomic E-state index is -1.23. The second-order valence-electron chi connectivity index (χ2n) is 7.39. The highest BCUT2D eigenvalue weighted by atomic mass is 16.4. The Kier molecular flexibility index (Phi) is 4.88. The van der Waals surface area contributed by atoms with E-state index in [9.17, 15) is 19.2 Å². The van der Waals surface area contributed by atoms with Gasteiger partial charge in [-0.25, -0.2) is 4.79 Å². The smallest absolute Gasteiger partial charge is 0.335 e. The van der Waals surface area contributed by atoms with Crippen LogP contribution >= 0.6 is 0 Å². The maximum Gasteiger partial charge on any atom is 0.335 e. The second kappa shape index (κ2) is 7.05. The number of rotatable bonds is 3. The molecule has 3 rings (SSSR count). The summed E-state index contributed by atoms with van der Waals surface area (Å²) in [7, 11) is 3.17. The zero-order chi connectivity index (χ0) is 21.5. The van der Waals surface area contributed by atoms with Crippen molar-refractivity contribution in [2.45, 2.75) is 13.8 Å². The first-order valence-electron chi connectivity index (χ1n) is 8.89. The van der Waals surface area contributed by atoms with Crippen molar-refractivity contribution < 1.29 is 24.3 Å². The van der Waals surface area contributed by atoms with Gasteiger partial charge in [0, 0.05) is 25.3 Å². The highest BCUT2D eigenvalue weighted by molar-refractivity contribution is 6.20. The van der Waals surface area contributed by atoms with Gasteiger partial charge in [0.2, 0.25) is 11.8 Å². The van der Waals surface area contributed by atoms with Crippen molar-refractivity contribution in [3.8, 4) is 0 Å². The van der Waals surface area contributed by atoms with Gasteiger partial charge in [0.15, 0.2) is 0 Å². The van der Waals surface area contributed by atoms with Crippen molar-refractivity contribution in [2.75, 3.05) is 29.2 Å². The van der Waals surface area contributed by atoms with E-state index in [0.717, 1.165) is 0 Å². The molecule has 1 heterocycles. The molecule has 0 bridgehead atoms. The summed E-state index contributed by atoms with van der Waals surface area (Å²) in [6.07, 6.45) is 0. The van der Waals surface area contributed by atoms with E-state index in [0.29, 0.717) is 22.6 Å². The normalized spacial score (nSPS) is 15.6. The van der Waals surface area contributed by atoms with E-state index in [1.54, 1.807) is 46.1 Å². The molecule has 2 aromatic carbocycles. The highest BCUT2D eigenvalue weighted by Gasteiger charge is 2.44. The number of carbonyl (C=O) groups excluding carboxylic acids is 3. The summed E-state index contributed by atoms with van der Waals surface area (Å²) in [6, 6.07) is 10.5. The molecule has 0 aliphatic carbocycles. The number of anilines is 3. The summed E-state index contributed by atoms with van der Waals surface area (Å²) >= 11 is 0. The van der Waals surface area contributed by atoms with Crippen LogP contribution < -0.4 is 15.1 Å². The summed E-state index contributed by atoms with van der Waals surface area (Å²) < 4.78 is 0. The fraction of sp³-hybridized carbons (Fsp3) is 0.238. The Balaban J connectivity index is 1.93. The molecule has 3 amide bonds. The minimum absolute atomic E-state index is 0.114. The van der Waals surface area contributed by atoms with E-state index in [1.165, 1.54) is 34.1 Å². The van der Waals surface area contributed by atoms with E-state index in [-0.39, 0.29) is 17.4 Å². The van der Waals surface area contributed by atoms with Crippen LogP contribution in [-0.2, 0) is 9.59 Å². The number of hydrogen-bond donors (Lipinski definition) is 2. The number of aromatic carboxylic acids is 1. The molecule has 0 radical (unpaired) electrons.